The summed E-state index contributed by atoms with van der Waals surface area (Å²) in [6.07, 6.45) is 5.32. The third-order valence-corrected chi connectivity index (χ3v) is 6.71. The first-order chi connectivity index (χ1) is 18.1. The number of nitrogens with zero attached hydrogens (tertiary/aromatic N) is 4. The Hall–Kier alpha value is -4.22. The van der Waals surface area contributed by atoms with E-state index < -0.39 is 6.09 Å². The highest BCUT2D eigenvalue weighted by Crippen LogP contribution is 2.37. The van der Waals surface area contributed by atoms with Gasteiger partial charge in [-0.1, -0.05) is 17.7 Å². The molecule has 0 fully saturated rings. The number of halogens is 1. The highest BCUT2D eigenvalue weighted by Gasteiger charge is 2.17. The molecule has 0 saturated carbocycles. The zero-order valence-corrected chi connectivity index (χ0v) is 21.0. The van der Waals surface area contributed by atoms with Crippen molar-refractivity contribution in [2.75, 3.05) is 18.5 Å². The number of aromatic amines is 1. The molecule has 188 valence electrons. The van der Waals surface area contributed by atoms with E-state index >= 15 is 0 Å². The zero-order valence-electron chi connectivity index (χ0n) is 19.4. The number of H-pyrrole nitrogens is 1. The molecule has 0 unspecified atom stereocenters. The van der Waals surface area contributed by atoms with Gasteiger partial charge in [0.15, 0.2) is 10.9 Å². The lowest BCUT2D eigenvalue weighted by Gasteiger charge is -2.11. The summed E-state index contributed by atoms with van der Waals surface area (Å²) in [7, 11) is 0. The Balaban J connectivity index is 1.43. The van der Waals surface area contributed by atoms with E-state index in [1.807, 2.05) is 30.3 Å². The number of benzene rings is 1. The van der Waals surface area contributed by atoms with Crippen molar-refractivity contribution < 1.29 is 14.6 Å². The van der Waals surface area contributed by atoms with Crippen LogP contribution in [0.25, 0.3) is 22.2 Å². The zero-order chi connectivity index (χ0) is 25.6. The summed E-state index contributed by atoms with van der Waals surface area (Å²) in [5.74, 6) is 1.19. The number of carboxylic acid groups (broad SMARTS) is 1. The molecule has 1 amide bonds. The van der Waals surface area contributed by atoms with E-state index in [-0.39, 0.29) is 0 Å². The Labute approximate surface area is 220 Å². The first-order valence-corrected chi connectivity index (χ1v) is 12.6. The number of ether oxygens (including phenoxy) is 1. The number of anilines is 2. The second kappa shape index (κ2) is 11.2. The minimum Gasteiger partial charge on any atom is -0.491 e. The maximum atomic E-state index is 10.7. The number of nitrogens with one attached hydrogen (secondary N) is 3. The summed E-state index contributed by atoms with van der Waals surface area (Å²) in [4.78, 5) is 24.8. The number of rotatable bonds is 10. The second-order valence-corrected chi connectivity index (χ2v) is 9.48. The molecule has 4 N–H and O–H groups in total. The van der Waals surface area contributed by atoms with Crippen LogP contribution in [-0.4, -0.2) is 49.5 Å². The van der Waals surface area contributed by atoms with Gasteiger partial charge in [-0.3, -0.25) is 15.1 Å². The van der Waals surface area contributed by atoms with Gasteiger partial charge in [0, 0.05) is 59.5 Å². The summed E-state index contributed by atoms with van der Waals surface area (Å²) in [5.41, 5.74) is 3.08. The fraction of sp³-hybridized carbons (Fsp3) is 0.160. The third-order valence-electron chi connectivity index (χ3n) is 5.44. The van der Waals surface area contributed by atoms with Gasteiger partial charge in [0.1, 0.15) is 11.3 Å². The molecule has 0 bridgehead atoms. The van der Waals surface area contributed by atoms with Gasteiger partial charge in [0.05, 0.1) is 17.3 Å². The van der Waals surface area contributed by atoms with E-state index in [0.29, 0.717) is 53.4 Å². The van der Waals surface area contributed by atoms with Crippen LogP contribution < -0.4 is 15.4 Å². The first kappa shape index (κ1) is 24.5. The highest BCUT2D eigenvalue weighted by molar-refractivity contribution is 7.15. The van der Waals surface area contributed by atoms with Crippen LogP contribution in [0.5, 0.6) is 5.75 Å². The molecule has 4 heterocycles. The van der Waals surface area contributed by atoms with Crippen molar-refractivity contribution in [3.63, 3.8) is 0 Å². The minimum absolute atomic E-state index is 0.315. The molecular formula is C25H22ClN7O3S. The number of hydrogen-bond acceptors (Lipinski definition) is 8. The van der Waals surface area contributed by atoms with Gasteiger partial charge in [0.25, 0.3) is 0 Å². The lowest BCUT2D eigenvalue weighted by Crippen LogP contribution is -2.22. The van der Waals surface area contributed by atoms with Crippen LogP contribution in [0, 0.1) is 0 Å². The molecule has 12 heteroatoms. The van der Waals surface area contributed by atoms with Crippen LogP contribution in [-0.2, 0) is 12.8 Å². The molecule has 0 radical (unpaired) electrons. The molecule has 10 nitrogen and oxygen atoms in total. The molecule has 5 aromatic rings. The molecule has 4 aromatic heterocycles. The van der Waals surface area contributed by atoms with Crippen LogP contribution in [0.1, 0.15) is 10.6 Å². The van der Waals surface area contributed by atoms with Gasteiger partial charge in [0.2, 0.25) is 0 Å². The monoisotopic (exact) mass is 535 g/mol. The van der Waals surface area contributed by atoms with E-state index in [0.717, 1.165) is 27.0 Å². The number of aromatic nitrogens is 5. The van der Waals surface area contributed by atoms with Crippen LogP contribution >= 0.6 is 22.9 Å². The number of thiazole rings is 1. The third kappa shape index (κ3) is 5.96. The molecule has 0 atom stereocenters. The predicted octanol–water partition coefficient (Wildman–Crippen LogP) is 5.31. The Bertz CT molecular complexity index is 1520. The summed E-state index contributed by atoms with van der Waals surface area (Å²) < 4.78 is 6.18. The second-order valence-electron chi connectivity index (χ2n) is 7.96. The van der Waals surface area contributed by atoms with Crippen molar-refractivity contribution in [1.29, 1.82) is 0 Å². The normalized spacial score (nSPS) is 10.9. The quantitative estimate of drug-likeness (QED) is 0.189. The molecule has 0 aliphatic rings. The SMILES string of the molecule is O=C(O)NCCc1cnc(Nc2n[nH]c3c(OCCc4ccccn4)cc(-c4ncccc4Cl)cc23)s1. The summed E-state index contributed by atoms with van der Waals surface area (Å²) in [6, 6.07) is 13.2. The number of fused-ring (bicyclic) bond motifs is 1. The van der Waals surface area contributed by atoms with E-state index in [9.17, 15) is 4.79 Å². The van der Waals surface area contributed by atoms with Gasteiger partial charge in [-0.2, -0.15) is 5.10 Å². The van der Waals surface area contributed by atoms with Crippen molar-refractivity contribution >= 4 is 50.9 Å². The van der Waals surface area contributed by atoms with Crippen LogP contribution in [0.4, 0.5) is 15.7 Å². The summed E-state index contributed by atoms with van der Waals surface area (Å²) >= 11 is 7.88. The fourth-order valence-corrected chi connectivity index (χ4v) is 4.76. The van der Waals surface area contributed by atoms with Gasteiger partial charge in [-0.05, 0) is 36.4 Å². The largest absolute Gasteiger partial charge is 0.491 e. The van der Waals surface area contributed by atoms with E-state index in [1.165, 1.54) is 11.3 Å². The van der Waals surface area contributed by atoms with Crippen molar-refractivity contribution in [3.8, 4) is 17.0 Å². The Morgan fingerprint density at radius 3 is 2.81 bits per heavy atom. The molecule has 0 saturated heterocycles. The van der Waals surface area contributed by atoms with Crippen molar-refractivity contribution in [2.24, 2.45) is 0 Å². The molecule has 0 spiro atoms. The molecule has 0 aliphatic heterocycles. The number of carbonyl (C=O) groups is 1. The van der Waals surface area contributed by atoms with E-state index in [2.05, 4.69) is 35.8 Å². The first-order valence-electron chi connectivity index (χ1n) is 11.4. The molecule has 1 aromatic carbocycles. The maximum absolute atomic E-state index is 10.7. The van der Waals surface area contributed by atoms with Crippen LogP contribution in [0.3, 0.4) is 0 Å². The van der Waals surface area contributed by atoms with E-state index in [1.54, 1.807) is 30.7 Å². The van der Waals surface area contributed by atoms with Crippen molar-refractivity contribution in [3.05, 3.63) is 76.6 Å². The Kier molecular flexibility index (Phi) is 7.43. The molecule has 37 heavy (non-hydrogen) atoms. The van der Waals surface area contributed by atoms with Crippen LogP contribution in [0.15, 0.2) is 61.1 Å². The smallest absolute Gasteiger partial charge is 0.404 e. The molecular weight excluding hydrogens is 514 g/mol. The van der Waals surface area contributed by atoms with Crippen molar-refractivity contribution in [2.45, 2.75) is 12.8 Å². The lowest BCUT2D eigenvalue weighted by molar-refractivity contribution is 0.194. The topological polar surface area (TPSA) is 138 Å². The molecule has 5 rings (SSSR count). The standard InChI is InChI=1S/C25H22ClN7O3S/c26-19-5-3-9-28-21(19)15-12-18-22(20(13-15)36-11-7-16-4-1-2-8-27-16)32-33-23(18)31-24-30-14-17(37-24)6-10-29-25(34)35/h1-5,8-9,12-14,29H,6-7,10-11H2,(H,34,35)(H2,30,31,32,33). The maximum Gasteiger partial charge on any atom is 0.404 e. The predicted molar refractivity (Wildman–Crippen MR) is 143 cm³/mol. The summed E-state index contributed by atoms with van der Waals surface area (Å²) in [5, 5.41) is 23.8. The Morgan fingerprint density at radius 1 is 1.11 bits per heavy atom. The van der Waals surface area contributed by atoms with Gasteiger partial charge < -0.3 is 20.5 Å². The van der Waals surface area contributed by atoms with Gasteiger partial charge >= 0.3 is 6.09 Å². The Morgan fingerprint density at radius 2 is 2.00 bits per heavy atom. The van der Waals surface area contributed by atoms with Crippen molar-refractivity contribution in [1.82, 2.24) is 30.5 Å². The lowest BCUT2D eigenvalue weighted by atomic mass is 10.1. The number of pyridine rings is 2. The number of amides is 1. The number of hydrogen-bond donors (Lipinski definition) is 4. The van der Waals surface area contributed by atoms with E-state index in [4.69, 9.17) is 21.4 Å². The average Bonchev–Trinajstić information content (AvgIpc) is 3.52. The fourth-order valence-electron chi connectivity index (χ4n) is 3.72. The van der Waals surface area contributed by atoms with Gasteiger partial charge in [-0.15, -0.1) is 11.3 Å². The van der Waals surface area contributed by atoms with Gasteiger partial charge in [-0.25, -0.2) is 9.78 Å². The average molecular weight is 536 g/mol. The van der Waals surface area contributed by atoms with Crippen LogP contribution in [0.2, 0.25) is 5.02 Å². The molecule has 0 aliphatic carbocycles. The highest BCUT2D eigenvalue weighted by atomic mass is 35.5. The summed E-state index contributed by atoms with van der Waals surface area (Å²) in [6.45, 7) is 0.739. The minimum atomic E-state index is -1.05.